The number of aryl methyl sites for hydroxylation is 1. The van der Waals surface area contributed by atoms with Crippen molar-refractivity contribution in [3.8, 4) is 5.75 Å². The number of hydrogen-bond donors (Lipinski definition) is 0. The Bertz CT molecular complexity index is 566. The molecule has 25 heavy (non-hydrogen) atoms. The molecular formula is C23H33FO. The summed E-state index contributed by atoms with van der Waals surface area (Å²) in [6.45, 7) is 2.53. The van der Waals surface area contributed by atoms with E-state index in [1.807, 2.05) is 19.1 Å². The Morgan fingerprint density at radius 3 is 2.56 bits per heavy atom. The fourth-order valence-corrected chi connectivity index (χ4v) is 4.39. The summed E-state index contributed by atoms with van der Waals surface area (Å²) in [6.07, 6.45) is 18.4. The van der Waals surface area contributed by atoms with Gasteiger partial charge in [0.1, 0.15) is 0 Å². The Kier molecular flexibility index (Phi) is 6.95. The van der Waals surface area contributed by atoms with Crippen molar-refractivity contribution in [3.05, 3.63) is 41.2 Å². The molecular weight excluding hydrogens is 311 g/mol. The average Bonchev–Trinajstić information content (AvgIpc) is 3.31. The minimum Gasteiger partial charge on any atom is -0.490 e. The molecule has 0 unspecified atom stereocenters. The first-order valence-corrected chi connectivity index (χ1v) is 10.3. The number of halogens is 1. The number of ether oxygens (including phenoxy) is 1. The van der Waals surface area contributed by atoms with Crippen LogP contribution in [0.4, 0.5) is 4.39 Å². The zero-order valence-electron chi connectivity index (χ0n) is 15.7. The Morgan fingerprint density at radius 2 is 1.80 bits per heavy atom. The van der Waals surface area contributed by atoms with Gasteiger partial charge in [-0.1, -0.05) is 56.7 Å². The zero-order chi connectivity index (χ0) is 17.5. The van der Waals surface area contributed by atoms with E-state index in [9.17, 15) is 4.39 Å². The third-order valence-corrected chi connectivity index (χ3v) is 6.11. The average molecular weight is 345 g/mol. The van der Waals surface area contributed by atoms with E-state index in [1.54, 1.807) is 0 Å². The summed E-state index contributed by atoms with van der Waals surface area (Å²) in [5, 5.41) is 0. The lowest BCUT2D eigenvalue weighted by molar-refractivity contribution is 0.267. The summed E-state index contributed by atoms with van der Waals surface area (Å²) in [4.78, 5) is 0. The van der Waals surface area contributed by atoms with E-state index in [0.29, 0.717) is 12.4 Å². The highest BCUT2D eigenvalue weighted by Gasteiger charge is 2.16. The van der Waals surface area contributed by atoms with Gasteiger partial charge in [-0.25, -0.2) is 4.39 Å². The van der Waals surface area contributed by atoms with Gasteiger partial charge in [-0.3, -0.25) is 0 Å². The highest BCUT2D eigenvalue weighted by atomic mass is 19.1. The highest BCUT2D eigenvalue weighted by Crippen LogP contribution is 2.29. The van der Waals surface area contributed by atoms with E-state index in [-0.39, 0.29) is 5.82 Å². The van der Waals surface area contributed by atoms with E-state index in [2.05, 4.69) is 12.2 Å². The molecule has 0 saturated heterocycles. The molecule has 2 saturated carbocycles. The molecule has 0 spiro atoms. The second-order valence-electron chi connectivity index (χ2n) is 7.96. The minimum absolute atomic E-state index is 0.163. The van der Waals surface area contributed by atoms with Crippen molar-refractivity contribution >= 4 is 0 Å². The molecule has 0 heterocycles. The number of rotatable bonds is 8. The molecule has 2 aliphatic rings. The van der Waals surface area contributed by atoms with Gasteiger partial charge >= 0.3 is 0 Å². The fraction of sp³-hybridized carbons (Fsp3) is 0.652. The second kappa shape index (κ2) is 9.40. The van der Waals surface area contributed by atoms with Crippen molar-refractivity contribution in [3.63, 3.8) is 0 Å². The van der Waals surface area contributed by atoms with E-state index < -0.39 is 0 Å². The first-order valence-electron chi connectivity index (χ1n) is 10.3. The molecule has 0 aliphatic heterocycles. The lowest BCUT2D eigenvalue weighted by Gasteiger charge is -2.13. The fourth-order valence-electron chi connectivity index (χ4n) is 4.39. The molecule has 0 radical (unpaired) electrons. The third kappa shape index (κ3) is 5.33. The lowest BCUT2D eigenvalue weighted by Crippen LogP contribution is -2.06. The van der Waals surface area contributed by atoms with Crippen LogP contribution in [0.25, 0.3) is 0 Å². The van der Waals surface area contributed by atoms with Crippen LogP contribution in [-0.2, 0) is 6.42 Å². The predicted molar refractivity (Wildman–Crippen MR) is 103 cm³/mol. The van der Waals surface area contributed by atoms with Crippen molar-refractivity contribution in [1.29, 1.82) is 0 Å². The van der Waals surface area contributed by atoms with Crippen molar-refractivity contribution in [2.75, 3.05) is 6.61 Å². The molecule has 2 aliphatic carbocycles. The topological polar surface area (TPSA) is 9.23 Å². The quantitative estimate of drug-likeness (QED) is 0.473. The third-order valence-electron chi connectivity index (χ3n) is 6.11. The van der Waals surface area contributed by atoms with Gasteiger partial charge in [0, 0.05) is 0 Å². The Balaban J connectivity index is 1.47. The molecule has 1 nitrogen and oxygen atoms in total. The van der Waals surface area contributed by atoms with Crippen molar-refractivity contribution in [1.82, 2.24) is 0 Å². The van der Waals surface area contributed by atoms with Crippen LogP contribution in [0, 0.1) is 24.6 Å². The monoisotopic (exact) mass is 344 g/mol. The Labute approximate surface area is 152 Å². The normalized spacial score (nSPS) is 19.3. The molecule has 1 aromatic carbocycles. The number of hydrogen-bond acceptors (Lipinski definition) is 1. The van der Waals surface area contributed by atoms with Gasteiger partial charge in [0.15, 0.2) is 11.6 Å². The summed E-state index contributed by atoms with van der Waals surface area (Å²) < 4.78 is 20.3. The summed E-state index contributed by atoms with van der Waals surface area (Å²) in [5.74, 6) is 1.84. The zero-order valence-corrected chi connectivity index (χ0v) is 15.7. The van der Waals surface area contributed by atoms with Gasteiger partial charge in [0.2, 0.25) is 0 Å². The molecule has 1 aromatic rings. The predicted octanol–water partition coefficient (Wildman–Crippen LogP) is 6.77. The van der Waals surface area contributed by atoms with E-state index in [0.717, 1.165) is 42.2 Å². The van der Waals surface area contributed by atoms with Crippen LogP contribution in [-0.4, -0.2) is 6.61 Å². The first kappa shape index (κ1) is 18.5. The standard InChI is InChI=1S/C23H33FO/c1-18-21(13-7-6-10-19-8-2-3-9-19)14-15-22(23(18)24)25-17-16-20-11-4-5-12-20/h6,10,14-15,19-20H,2-5,7-9,11-13,16-17H2,1H3/b10-6+. The summed E-state index contributed by atoms with van der Waals surface area (Å²) in [6, 6.07) is 3.87. The highest BCUT2D eigenvalue weighted by molar-refractivity contribution is 5.37. The molecule has 0 bridgehead atoms. The Hall–Kier alpha value is -1.31. The largest absolute Gasteiger partial charge is 0.490 e. The maximum absolute atomic E-state index is 14.6. The van der Waals surface area contributed by atoms with E-state index in [1.165, 1.54) is 51.4 Å². The van der Waals surface area contributed by atoms with E-state index >= 15 is 0 Å². The molecule has 2 heteroatoms. The first-order chi connectivity index (χ1) is 12.2. The lowest BCUT2D eigenvalue weighted by atomic mass is 10.0. The van der Waals surface area contributed by atoms with Crippen LogP contribution < -0.4 is 4.74 Å². The van der Waals surface area contributed by atoms with Crippen molar-refractivity contribution < 1.29 is 9.13 Å². The van der Waals surface area contributed by atoms with Gasteiger partial charge in [-0.15, -0.1) is 0 Å². The molecule has 2 fully saturated rings. The van der Waals surface area contributed by atoms with Gasteiger partial charge in [0.05, 0.1) is 6.61 Å². The smallest absolute Gasteiger partial charge is 0.168 e. The molecule has 3 rings (SSSR count). The van der Waals surface area contributed by atoms with Crippen LogP contribution in [0.15, 0.2) is 24.3 Å². The summed E-state index contributed by atoms with van der Waals surface area (Å²) >= 11 is 0. The van der Waals surface area contributed by atoms with Crippen LogP contribution in [0.1, 0.15) is 75.3 Å². The van der Waals surface area contributed by atoms with Crippen LogP contribution in [0.3, 0.4) is 0 Å². The van der Waals surface area contributed by atoms with Gasteiger partial charge in [-0.2, -0.15) is 0 Å². The molecule has 0 aromatic heterocycles. The van der Waals surface area contributed by atoms with Crippen LogP contribution in [0.2, 0.25) is 0 Å². The minimum atomic E-state index is -0.163. The number of benzene rings is 1. The van der Waals surface area contributed by atoms with Crippen LogP contribution in [0.5, 0.6) is 5.75 Å². The maximum Gasteiger partial charge on any atom is 0.168 e. The van der Waals surface area contributed by atoms with Crippen LogP contribution >= 0.6 is 0 Å². The van der Waals surface area contributed by atoms with Crippen molar-refractivity contribution in [2.24, 2.45) is 11.8 Å². The van der Waals surface area contributed by atoms with Crippen molar-refractivity contribution in [2.45, 2.75) is 77.6 Å². The molecule has 138 valence electrons. The van der Waals surface area contributed by atoms with Gasteiger partial charge < -0.3 is 4.74 Å². The Morgan fingerprint density at radius 1 is 1.08 bits per heavy atom. The summed E-state index contributed by atoms with van der Waals surface area (Å²) in [5.41, 5.74) is 1.87. The molecule has 0 amide bonds. The van der Waals surface area contributed by atoms with E-state index in [4.69, 9.17) is 4.74 Å². The SMILES string of the molecule is Cc1c(CC/C=C/C2CCCC2)ccc(OCCC2CCCC2)c1F. The van der Waals surface area contributed by atoms with Gasteiger partial charge in [-0.05, 0) is 68.1 Å². The maximum atomic E-state index is 14.6. The second-order valence-corrected chi connectivity index (χ2v) is 7.96. The summed E-state index contributed by atoms with van der Waals surface area (Å²) in [7, 11) is 0. The number of allylic oxidation sites excluding steroid dienone is 2. The molecule has 0 atom stereocenters. The van der Waals surface area contributed by atoms with Gasteiger partial charge in [0.25, 0.3) is 0 Å². The molecule has 0 N–H and O–H groups in total.